The topological polar surface area (TPSA) is 180 Å². The Kier molecular flexibility index (Phi) is 13.7. The fourth-order valence-electron chi connectivity index (χ4n) is 14.2. The molecule has 3 aromatic carbocycles. The van der Waals surface area contributed by atoms with Crippen molar-refractivity contribution in [1.29, 1.82) is 0 Å². The largest absolute Gasteiger partial charge is 0.508 e. The Labute approximate surface area is 466 Å². The first kappa shape index (κ1) is 52.7. The molecule has 7 aromatic rings. The van der Waals surface area contributed by atoms with E-state index in [2.05, 4.69) is 39.2 Å². The highest BCUT2D eigenvalue weighted by Gasteiger charge is 2.49. The first-order valence-electron chi connectivity index (χ1n) is 28.7. The molecule has 5 fully saturated rings. The molecular weight excluding hydrogens is 1040 g/mol. The highest BCUT2D eigenvalue weighted by molar-refractivity contribution is 6.04. The number of phenolic OH excluding ortho intramolecular Hbond substituents is 1. The summed E-state index contributed by atoms with van der Waals surface area (Å²) in [4.78, 5) is 61.7. The van der Waals surface area contributed by atoms with Crippen molar-refractivity contribution < 1.29 is 37.4 Å². The number of ether oxygens (including phenoxy) is 1. The van der Waals surface area contributed by atoms with E-state index < -0.39 is 29.3 Å². The maximum Gasteiger partial charge on any atom is 0.319 e. The van der Waals surface area contributed by atoms with Crippen LogP contribution in [0, 0.1) is 29.9 Å². The molecule has 6 aliphatic heterocycles. The molecule has 81 heavy (non-hydrogen) atoms. The van der Waals surface area contributed by atoms with Gasteiger partial charge in [-0.2, -0.15) is 20.2 Å². The Morgan fingerprint density at radius 1 is 0.926 bits per heavy atom. The van der Waals surface area contributed by atoms with E-state index in [1.165, 1.54) is 29.8 Å². The van der Waals surface area contributed by atoms with Crippen LogP contribution in [0.2, 0.25) is 0 Å². The maximum atomic E-state index is 17.7. The molecule has 10 heterocycles. The summed E-state index contributed by atoms with van der Waals surface area (Å²) < 4.78 is 58.2. The molecule has 4 aromatic heterocycles. The predicted molar refractivity (Wildman–Crippen MR) is 298 cm³/mol. The number of amides is 3. The number of rotatable bonds is 11. The lowest BCUT2D eigenvalue weighted by Crippen LogP contribution is -2.43. The maximum absolute atomic E-state index is 17.7. The fraction of sp³-hybridized carbons (Fsp3) is 0.475. The van der Waals surface area contributed by atoms with Crippen LogP contribution in [0.25, 0.3) is 43.8 Å². The molecule has 0 saturated carbocycles. The van der Waals surface area contributed by atoms with Crippen molar-refractivity contribution in [1.82, 2.24) is 54.5 Å². The second kappa shape index (κ2) is 21.0. The first-order chi connectivity index (χ1) is 39.2. The third kappa shape index (κ3) is 9.58. The van der Waals surface area contributed by atoms with E-state index in [1.807, 2.05) is 32.3 Å². The normalized spacial score (nSPS) is 22.4. The summed E-state index contributed by atoms with van der Waals surface area (Å²) in [5.74, 6) is 1.24. The molecule has 420 valence electrons. The average Bonchev–Trinajstić information content (AvgIpc) is 4.25. The van der Waals surface area contributed by atoms with Crippen LogP contribution in [0.5, 0.6) is 11.8 Å². The van der Waals surface area contributed by atoms with Crippen molar-refractivity contribution in [3.63, 3.8) is 0 Å². The molecule has 0 aliphatic carbocycles. The zero-order valence-electron chi connectivity index (χ0n) is 45.7. The zero-order valence-corrected chi connectivity index (χ0v) is 45.7. The zero-order chi connectivity index (χ0) is 55.8. The second-order valence-corrected chi connectivity index (χ2v) is 23.3. The summed E-state index contributed by atoms with van der Waals surface area (Å²) in [7, 11) is 1.91. The molecule has 1 unspecified atom stereocenters. The van der Waals surface area contributed by atoms with Crippen molar-refractivity contribution >= 4 is 56.1 Å². The highest BCUT2D eigenvalue weighted by atomic mass is 19.1. The molecule has 2 N–H and O–H groups in total. The van der Waals surface area contributed by atoms with Gasteiger partial charge in [-0.05, 0) is 147 Å². The lowest BCUT2D eigenvalue weighted by molar-refractivity contribution is -0.134. The monoisotopic (exact) mass is 1100 g/mol. The fourth-order valence-corrected chi connectivity index (χ4v) is 14.2. The number of hydrogen-bond acceptors (Lipinski definition) is 13. The third-order valence-electron chi connectivity index (χ3n) is 18.4. The standard InChI is InChI=1S/C61H65F3N12O5/c1-4-42-46(63)12-9-38-26-41(77)29-45(51(38)42)55-53(64)56-52(47(5-2)65-55)57(68-60(67-56)81-34-61-18-6-20-75(61)32-39(62)30-61)74-19-7-21-76-40(33-74)28-48(69-76)59(80)73-24-14-35(15-25-73)31-72-22-16-36(17-23-72)37-8-10-43-49(27-37)71(3)70-54(43)44-11-13-50(78)66-58(44)79/h2,8-10,12,26-29,35-36,39,44,77H,4,6-7,11,13-25,30-34H2,1,3H3,(H,66,78,79)/t39-,44?,61+/m1/s1. The van der Waals surface area contributed by atoms with E-state index in [1.54, 1.807) is 6.92 Å². The Bertz CT molecular complexity index is 3730. The van der Waals surface area contributed by atoms with E-state index >= 15 is 8.78 Å². The molecule has 0 radical (unpaired) electrons. The smallest absolute Gasteiger partial charge is 0.319 e. The average molecular weight is 1100 g/mol. The number of carbonyl (C=O) groups excluding carboxylic acids is 3. The number of carbonyl (C=O) groups is 3. The minimum absolute atomic E-state index is 0.0376. The number of nitrogens with zero attached hydrogens (tertiary/aromatic N) is 11. The summed E-state index contributed by atoms with van der Waals surface area (Å²) in [6, 6.07) is 13.9. The Morgan fingerprint density at radius 3 is 2.54 bits per heavy atom. The van der Waals surface area contributed by atoms with E-state index in [9.17, 15) is 23.9 Å². The van der Waals surface area contributed by atoms with Gasteiger partial charge in [-0.15, -0.1) is 6.42 Å². The molecule has 6 aliphatic rings. The summed E-state index contributed by atoms with van der Waals surface area (Å²) in [6.07, 6.45) is 12.7. The number of aromatic hydroxyl groups is 1. The summed E-state index contributed by atoms with van der Waals surface area (Å²) in [5.41, 5.74) is 3.70. The minimum atomic E-state index is -0.998. The number of aromatic nitrogens is 7. The van der Waals surface area contributed by atoms with Crippen molar-refractivity contribution in [3.05, 3.63) is 94.1 Å². The number of anilines is 1. The van der Waals surface area contributed by atoms with Gasteiger partial charge in [0.2, 0.25) is 11.8 Å². The van der Waals surface area contributed by atoms with Gasteiger partial charge in [0.05, 0.1) is 40.3 Å². The van der Waals surface area contributed by atoms with Gasteiger partial charge < -0.3 is 24.5 Å². The van der Waals surface area contributed by atoms with Crippen molar-refractivity contribution in [2.75, 3.05) is 63.9 Å². The number of piperidine rings is 3. The van der Waals surface area contributed by atoms with Gasteiger partial charge >= 0.3 is 6.01 Å². The molecular formula is C61H65F3N12O5. The Balaban J connectivity index is 0.710. The third-order valence-corrected chi connectivity index (χ3v) is 18.4. The van der Waals surface area contributed by atoms with Gasteiger partial charge in [-0.25, -0.2) is 18.2 Å². The lowest BCUT2D eigenvalue weighted by atomic mass is 9.87. The van der Waals surface area contributed by atoms with E-state index in [0.29, 0.717) is 92.3 Å². The summed E-state index contributed by atoms with van der Waals surface area (Å²) in [5, 5.41) is 25.0. The van der Waals surface area contributed by atoms with E-state index in [-0.39, 0.29) is 82.7 Å². The molecule has 3 atom stereocenters. The number of phenols is 1. The number of aryl methyl sites for hydroxylation is 3. The van der Waals surface area contributed by atoms with Crippen LogP contribution >= 0.6 is 0 Å². The van der Waals surface area contributed by atoms with Crippen LogP contribution in [-0.2, 0) is 36.1 Å². The Morgan fingerprint density at radius 2 is 1.75 bits per heavy atom. The summed E-state index contributed by atoms with van der Waals surface area (Å²) >= 11 is 0. The van der Waals surface area contributed by atoms with Crippen LogP contribution < -0.4 is 15.0 Å². The molecule has 20 heteroatoms. The first-order valence-corrected chi connectivity index (χ1v) is 28.7. The molecule has 0 spiro atoms. The van der Waals surface area contributed by atoms with Crippen molar-refractivity contribution in [2.45, 2.75) is 114 Å². The number of nitrogens with one attached hydrogen (secondary N) is 1. The number of benzene rings is 3. The molecule has 3 amide bonds. The number of likely N-dealkylation sites (tertiary alicyclic amines) is 2. The van der Waals surface area contributed by atoms with Gasteiger partial charge in [0, 0.05) is 70.1 Å². The van der Waals surface area contributed by atoms with Crippen LogP contribution in [-0.4, -0.2) is 143 Å². The summed E-state index contributed by atoms with van der Waals surface area (Å²) in [6.45, 7) is 8.37. The van der Waals surface area contributed by atoms with Gasteiger partial charge in [0.25, 0.3) is 5.91 Å². The van der Waals surface area contributed by atoms with Gasteiger partial charge in [0.1, 0.15) is 47.1 Å². The molecule has 17 nitrogen and oxygen atoms in total. The number of terminal acetylenes is 1. The quantitative estimate of drug-likeness (QED) is 0.0939. The van der Waals surface area contributed by atoms with Crippen LogP contribution in [0.3, 0.4) is 0 Å². The predicted octanol–water partition coefficient (Wildman–Crippen LogP) is 8.07. The molecule has 5 saturated heterocycles. The lowest BCUT2D eigenvalue weighted by Gasteiger charge is -2.37. The van der Waals surface area contributed by atoms with Crippen molar-refractivity contribution in [3.8, 4) is 35.4 Å². The van der Waals surface area contributed by atoms with Crippen molar-refractivity contribution in [2.24, 2.45) is 13.0 Å². The van der Waals surface area contributed by atoms with Gasteiger partial charge in [-0.1, -0.05) is 25.1 Å². The number of fused-ring (bicyclic) bond motifs is 5. The molecule has 13 rings (SSSR count). The van der Waals surface area contributed by atoms with E-state index in [0.717, 1.165) is 87.0 Å². The van der Waals surface area contributed by atoms with Crippen LogP contribution in [0.1, 0.15) is 122 Å². The van der Waals surface area contributed by atoms with Crippen LogP contribution in [0.4, 0.5) is 19.0 Å². The minimum Gasteiger partial charge on any atom is -0.508 e. The molecule has 0 bridgehead atoms. The Hall–Kier alpha value is -7.63. The number of imide groups is 1. The number of alkyl halides is 1. The van der Waals surface area contributed by atoms with E-state index in [4.69, 9.17) is 36.3 Å². The van der Waals surface area contributed by atoms with Gasteiger partial charge in [-0.3, -0.25) is 34.0 Å². The second-order valence-electron chi connectivity index (χ2n) is 23.3. The number of halogens is 3. The number of hydrogen-bond donors (Lipinski definition) is 2. The number of pyridine rings is 1. The SMILES string of the molecule is C#Cc1nc(-c2cc(O)cc3ccc(F)c(CC)c23)c(F)c2nc(OC[C@@]34CCCN3C[C@H](F)C4)nc(N3CCCn4nc(C(=O)N5CCC(CN6CCC(c7ccc8c(C9CCC(=O)NC9=O)nn(C)c8c7)CC6)CC5)cc4C3)c12. The van der Waals surface area contributed by atoms with Gasteiger partial charge in [0.15, 0.2) is 11.5 Å². The van der Waals surface area contributed by atoms with Crippen LogP contribution in [0.15, 0.2) is 48.5 Å². The highest BCUT2D eigenvalue weighted by Crippen LogP contribution is 2.44.